The normalized spacial score (nSPS) is 30.8. The Morgan fingerprint density at radius 2 is 2.38 bits per heavy atom. The van der Waals surface area contributed by atoms with Crippen molar-refractivity contribution in [3.8, 4) is 0 Å². The van der Waals surface area contributed by atoms with E-state index in [1.807, 2.05) is 18.0 Å². The smallest absolute Gasteiger partial charge is 0.198 e. The number of nitrogens with zero attached hydrogens (tertiary/aromatic N) is 1. The highest BCUT2D eigenvalue weighted by Crippen LogP contribution is 2.32. The summed E-state index contributed by atoms with van der Waals surface area (Å²) in [6, 6.07) is 0. The molecule has 4 heteroatoms. The van der Waals surface area contributed by atoms with E-state index in [9.17, 15) is 0 Å². The fourth-order valence-corrected chi connectivity index (χ4v) is 3.67. The number of thioether (sulfide) groups is 1. The van der Waals surface area contributed by atoms with Gasteiger partial charge in [-0.1, -0.05) is 0 Å². The minimum absolute atomic E-state index is 0.505. The van der Waals surface area contributed by atoms with Crippen molar-refractivity contribution >= 4 is 11.8 Å². The first kappa shape index (κ1) is 10.7. The molecule has 2 aliphatic heterocycles. The van der Waals surface area contributed by atoms with Gasteiger partial charge < -0.3 is 9.73 Å². The van der Waals surface area contributed by atoms with Crippen LogP contribution in [0.15, 0.2) is 10.7 Å². The van der Waals surface area contributed by atoms with Gasteiger partial charge >= 0.3 is 0 Å². The molecule has 2 aliphatic rings. The molecule has 1 aromatic rings. The first-order valence-corrected chi connectivity index (χ1v) is 7.33. The van der Waals surface area contributed by atoms with E-state index in [1.165, 1.54) is 36.5 Å². The summed E-state index contributed by atoms with van der Waals surface area (Å²) in [5.74, 6) is 4.62. The van der Waals surface area contributed by atoms with Crippen molar-refractivity contribution in [2.24, 2.45) is 0 Å². The van der Waals surface area contributed by atoms with Crippen LogP contribution in [0.4, 0.5) is 0 Å². The summed E-state index contributed by atoms with van der Waals surface area (Å²) in [5, 5.41) is 3.36. The molecule has 0 bridgehead atoms. The summed E-state index contributed by atoms with van der Waals surface area (Å²) in [5.41, 5.74) is 1.19. The summed E-state index contributed by atoms with van der Waals surface area (Å²) in [6.07, 6.45) is 5.66. The van der Waals surface area contributed by atoms with Crippen LogP contribution in [-0.2, 0) is 0 Å². The highest BCUT2D eigenvalue weighted by atomic mass is 32.2. The maximum atomic E-state index is 5.64. The zero-order chi connectivity index (χ0) is 10.8. The van der Waals surface area contributed by atoms with Crippen LogP contribution in [0.1, 0.15) is 42.7 Å². The minimum Gasteiger partial charge on any atom is -0.448 e. The lowest BCUT2D eigenvalue weighted by molar-refractivity contribution is 0.457. The van der Waals surface area contributed by atoms with Gasteiger partial charge in [0.2, 0.25) is 0 Å². The van der Waals surface area contributed by atoms with Gasteiger partial charge in [0.25, 0.3) is 0 Å². The Morgan fingerprint density at radius 3 is 3.12 bits per heavy atom. The van der Waals surface area contributed by atoms with Crippen molar-refractivity contribution < 1.29 is 4.42 Å². The predicted octanol–water partition coefficient (Wildman–Crippen LogP) is 2.36. The van der Waals surface area contributed by atoms with E-state index in [1.54, 1.807) is 0 Å². The lowest BCUT2D eigenvalue weighted by Crippen LogP contribution is -2.10. The Hall–Kier alpha value is -0.480. The molecule has 0 spiro atoms. The lowest BCUT2D eigenvalue weighted by atomic mass is 10.0. The summed E-state index contributed by atoms with van der Waals surface area (Å²) in [6.45, 7) is 2.13. The van der Waals surface area contributed by atoms with Crippen molar-refractivity contribution in [3.63, 3.8) is 0 Å². The van der Waals surface area contributed by atoms with Gasteiger partial charge in [-0.2, -0.15) is 11.8 Å². The first-order chi connectivity index (χ1) is 7.93. The largest absolute Gasteiger partial charge is 0.448 e. The van der Waals surface area contributed by atoms with E-state index in [-0.39, 0.29) is 0 Å². The van der Waals surface area contributed by atoms with Crippen LogP contribution in [0.3, 0.4) is 0 Å². The van der Waals surface area contributed by atoms with Crippen molar-refractivity contribution in [2.45, 2.75) is 31.1 Å². The fraction of sp³-hybridized carbons (Fsp3) is 0.750. The highest BCUT2D eigenvalue weighted by molar-refractivity contribution is 7.99. The second-order valence-corrected chi connectivity index (χ2v) is 5.86. The van der Waals surface area contributed by atoms with Crippen LogP contribution in [0.5, 0.6) is 0 Å². The molecule has 3 heterocycles. The topological polar surface area (TPSA) is 38.1 Å². The van der Waals surface area contributed by atoms with Gasteiger partial charge in [-0.25, -0.2) is 4.98 Å². The zero-order valence-electron chi connectivity index (χ0n) is 9.45. The Bertz CT molecular complexity index is 341. The molecular formula is C12H18N2OS. The van der Waals surface area contributed by atoms with Gasteiger partial charge in [0.1, 0.15) is 6.26 Å². The summed E-state index contributed by atoms with van der Waals surface area (Å²) in [7, 11) is 0. The van der Waals surface area contributed by atoms with Crippen molar-refractivity contribution in [3.05, 3.63) is 17.8 Å². The summed E-state index contributed by atoms with van der Waals surface area (Å²) in [4.78, 5) is 4.70. The van der Waals surface area contributed by atoms with Gasteiger partial charge in [0.05, 0.1) is 5.69 Å². The number of nitrogens with one attached hydrogen (secondary N) is 1. The number of rotatable bonds is 2. The van der Waals surface area contributed by atoms with E-state index < -0.39 is 0 Å². The number of oxazole rings is 1. The molecule has 16 heavy (non-hydrogen) atoms. The SMILES string of the molecule is c1oc(C2CCNC2)nc1C1CCCSC1. The van der Waals surface area contributed by atoms with Crippen LogP contribution in [-0.4, -0.2) is 29.6 Å². The molecule has 2 unspecified atom stereocenters. The van der Waals surface area contributed by atoms with Crippen LogP contribution < -0.4 is 5.32 Å². The standard InChI is InChI=1S/C12H18N2OS/c1-2-10(8-16-5-1)11-7-15-12(14-11)9-3-4-13-6-9/h7,9-10,13H,1-6,8H2. The molecular weight excluding hydrogens is 220 g/mol. The zero-order valence-corrected chi connectivity index (χ0v) is 10.3. The predicted molar refractivity (Wildman–Crippen MR) is 66.0 cm³/mol. The number of aromatic nitrogens is 1. The van der Waals surface area contributed by atoms with E-state index in [4.69, 9.17) is 9.40 Å². The second kappa shape index (κ2) is 4.80. The third-order valence-corrected chi connectivity index (χ3v) is 4.74. The average Bonchev–Trinajstić information content (AvgIpc) is 3.01. The number of hydrogen-bond acceptors (Lipinski definition) is 4. The molecule has 0 aliphatic carbocycles. The molecule has 3 nitrogen and oxygen atoms in total. The van der Waals surface area contributed by atoms with E-state index in [0.717, 1.165) is 19.0 Å². The third kappa shape index (κ3) is 2.13. The molecule has 1 aromatic heterocycles. The maximum absolute atomic E-state index is 5.64. The molecule has 0 radical (unpaired) electrons. The summed E-state index contributed by atoms with van der Waals surface area (Å²) >= 11 is 2.05. The van der Waals surface area contributed by atoms with Gasteiger partial charge in [-0.05, 0) is 31.6 Å². The fourth-order valence-electron chi connectivity index (χ4n) is 2.52. The van der Waals surface area contributed by atoms with Crippen molar-refractivity contribution in [1.82, 2.24) is 10.3 Å². The Labute approximate surface area is 100 Å². The quantitative estimate of drug-likeness (QED) is 0.858. The van der Waals surface area contributed by atoms with E-state index >= 15 is 0 Å². The Morgan fingerprint density at radius 1 is 1.38 bits per heavy atom. The summed E-state index contributed by atoms with van der Waals surface area (Å²) < 4.78 is 5.64. The first-order valence-electron chi connectivity index (χ1n) is 6.17. The lowest BCUT2D eigenvalue weighted by Gasteiger charge is -2.18. The molecule has 2 fully saturated rings. The van der Waals surface area contributed by atoms with Crippen LogP contribution in [0.2, 0.25) is 0 Å². The molecule has 88 valence electrons. The van der Waals surface area contributed by atoms with Crippen molar-refractivity contribution in [2.75, 3.05) is 24.6 Å². The monoisotopic (exact) mass is 238 g/mol. The number of hydrogen-bond donors (Lipinski definition) is 1. The van der Waals surface area contributed by atoms with Crippen LogP contribution in [0, 0.1) is 0 Å². The van der Waals surface area contributed by atoms with Gasteiger partial charge in [-0.3, -0.25) is 0 Å². The molecule has 3 rings (SSSR count). The van der Waals surface area contributed by atoms with Gasteiger partial charge in [-0.15, -0.1) is 0 Å². The van der Waals surface area contributed by atoms with Gasteiger partial charge in [0, 0.05) is 24.1 Å². The van der Waals surface area contributed by atoms with Crippen LogP contribution in [0.25, 0.3) is 0 Å². The molecule has 2 atom stereocenters. The van der Waals surface area contributed by atoms with Gasteiger partial charge in [0.15, 0.2) is 5.89 Å². The molecule has 0 saturated carbocycles. The van der Waals surface area contributed by atoms with E-state index in [0.29, 0.717) is 11.8 Å². The molecule has 0 aromatic carbocycles. The third-order valence-electron chi connectivity index (χ3n) is 3.53. The highest BCUT2D eigenvalue weighted by Gasteiger charge is 2.24. The Balaban J connectivity index is 1.71. The Kier molecular flexibility index (Phi) is 3.20. The van der Waals surface area contributed by atoms with Crippen LogP contribution >= 0.6 is 11.8 Å². The van der Waals surface area contributed by atoms with E-state index in [2.05, 4.69) is 5.32 Å². The average molecular weight is 238 g/mol. The molecule has 2 saturated heterocycles. The van der Waals surface area contributed by atoms with Crippen molar-refractivity contribution in [1.29, 1.82) is 0 Å². The molecule has 0 amide bonds. The minimum atomic E-state index is 0.505. The second-order valence-electron chi connectivity index (χ2n) is 4.71. The molecule has 1 N–H and O–H groups in total. The maximum Gasteiger partial charge on any atom is 0.198 e.